The minimum atomic E-state index is 0.471. The van der Waals surface area contributed by atoms with E-state index in [2.05, 4.69) is 6.07 Å². The van der Waals surface area contributed by atoms with Crippen LogP contribution in [-0.4, -0.2) is 40.6 Å². The van der Waals surface area contributed by atoms with Gasteiger partial charge in [-0.1, -0.05) is 0 Å². The summed E-state index contributed by atoms with van der Waals surface area (Å²) in [6.07, 6.45) is 1.15. The highest BCUT2D eigenvalue weighted by Crippen LogP contribution is 2.24. The lowest BCUT2D eigenvalue weighted by molar-refractivity contribution is 0.142. The fraction of sp³-hybridized carbons (Fsp3) is 0.533. The van der Waals surface area contributed by atoms with Gasteiger partial charge in [0.15, 0.2) is 0 Å². The zero-order valence-electron chi connectivity index (χ0n) is 12.1. The van der Waals surface area contributed by atoms with Gasteiger partial charge in [-0.15, -0.1) is 0 Å². The monoisotopic (exact) mass is 279 g/mol. The molecule has 1 aromatic carbocycles. The standard InChI is InChI=1S/C15H21NO4/c1-17-6-8-19-14-10-13(4-3-5-16)11-15(12-14)20-9-7-18-2/h10-12H,3-4,6-9H2,1-2H3. The van der Waals surface area contributed by atoms with E-state index in [9.17, 15) is 0 Å². The maximum absolute atomic E-state index is 8.67. The molecule has 5 nitrogen and oxygen atoms in total. The number of hydrogen-bond donors (Lipinski definition) is 0. The number of rotatable bonds is 10. The molecule has 0 spiro atoms. The van der Waals surface area contributed by atoms with Gasteiger partial charge in [0.1, 0.15) is 24.7 Å². The normalized spacial score (nSPS) is 10.1. The van der Waals surface area contributed by atoms with E-state index in [4.69, 9.17) is 24.2 Å². The Morgan fingerprint density at radius 1 is 0.900 bits per heavy atom. The second-order valence-corrected chi connectivity index (χ2v) is 4.15. The summed E-state index contributed by atoms with van der Waals surface area (Å²) >= 11 is 0. The number of aryl methyl sites for hydroxylation is 1. The van der Waals surface area contributed by atoms with Crippen molar-refractivity contribution < 1.29 is 18.9 Å². The van der Waals surface area contributed by atoms with Crippen LogP contribution in [0.1, 0.15) is 12.0 Å². The fourth-order valence-corrected chi connectivity index (χ4v) is 1.63. The molecule has 0 heterocycles. The maximum atomic E-state index is 8.67. The van der Waals surface area contributed by atoms with E-state index in [-0.39, 0.29) is 0 Å². The van der Waals surface area contributed by atoms with Crippen LogP contribution in [0, 0.1) is 11.3 Å². The van der Waals surface area contributed by atoms with Crippen LogP contribution in [0.2, 0.25) is 0 Å². The van der Waals surface area contributed by atoms with Gasteiger partial charge in [-0.3, -0.25) is 0 Å². The van der Waals surface area contributed by atoms with E-state index in [0.717, 1.165) is 17.1 Å². The van der Waals surface area contributed by atoms with Gasteiger partial charge in [0.25, 0.3) is 0 Å². The SMILES string of the molecule is COCCOc1cc(CCC#N)cc(OCCOC)c1. The highest BCUT2D eigenvalue weighted by molar-refractivity contribution is 5.38. The first-order valence-electron chi connectivity index (χ1n) is 6.54. The lowest BCUT2D eigenvalue weighted by atomic mass is 10.1. The summed E-state index contributed by atoms with van der Waals surface area (Å²) in [6, 6.07) is 7.83. The topological polar surface area (TPSA) is 60.7 Å². The van der Waals surface area contributed by atoms with Crippen LogP contribution in [0.15, 0.2) is 18.2 Å². The molecule has 1 aromatic rings. The third kappa shape index (κ3) is 6.41. The van der Waals surface area contributed by atoms with E-state index < -0.39 is 0 Å². The number of hydrogen-bond acceptors (Lipinski definition) is 5. The predicted molar refractivity (Wildman–Crippen MR) is 75.1 cm³/mol. The van der Waals surface area contributed by atoms with Gasteiger partial charge in [-0.2, -0.15) is 5.26 Å². The number of methoxy groups -OCH3 is 2. The third-order valence-electron chi connectivity index (χ3n) is 2.58. The summed E-state index contributed by atoms with van der Waals surface area (Å²) in [6.45, 7) is 2.02. The molecule has 0 aromatic heterocycles. The van der Waals surface area contributed by atoms with Gasteiger partial charge in [0.2, 0.25) is 0 Å². The molecule has 0 aliphatic heterocycles. The summed E-state index contributed by atoms with van der Waals surface area (Å²) in [4.78, 5) is 0. The molecule has 0 atom stereocenters. The number of nitriles is 1. The highest BCUT2D eigenvalue weighted by atomic mass is 16.5. The predicted octanol–water partition coefficient (Wildman–Crippen LogP) is 2.19. The summed E-state index contributed by atoms with van der Waals surface area (Å²) in [7, 11) is 3.26. The Morgan fingerprint density at radius 3 is 1.90 bits per heavy atom. The number of benzene rings is 1. The largest absolute Gasteiger partial charge is 0.491 e. The quantitative estimate of drug-likeness (QED) is 0.614. The summed E-state index contributed by atoms with van der Waals surface area (Å²) in [5.74, 6) is 1.45. The van der Waals surface area contributed by atoms with Gasteiger partial charge < -0.3 is 18.9 Å². The molecule has 20 heavy (non-hydrogen) atoms. The van der Waals surface area contributed by atoms with Crippen LogP contribution >= 0.6 is 0 Å². The first-order valence-corrected chi connectivity index (χ1v) is 6.54. The van der Waals surface area contributed by atoms with Crippen LogP contribution in [0.3, 0.4) is 0 Å². The van der Waals surface area contributed by atoms with Gasteiger partial charge >= 0.3 is 0 Å². The Hall–Kier alpha value is -1.77. The minimum absolute atomic E-state index is 0.471. The molecule has 1 rings (SSSR count). The maximum Gasteiger partial charge on any atom is 0.123 e. The molecule has 0 fully saturated rings. The van der Waals surface area contributed by atoms with Crippen molar-refractivity contribution in [3.63, 3.8) is 0 Å². The lowest BCUT2D eigenvalue weighted by Gasteiger charge is -2.11. The molecular weight excluding hydrogens is 258 g/mol. The molecule has 0 radical (unpaired) electrons. The van der Waals surface area contributed by atoms with E-state index in [1.807, 2.05) is 18.2 Å². The van der Waals surface area contributed by atoms with Gasteiger partial charge in [0.05, 0.1) is 19.3 Å². The first kappa shape index (κ1) is 16.3. The average molecular weight is 279 g/mol. The van der Waals surface area contributed by atoms with Crippen molar-refractivity contribution in [3.8, 4) is 17.6 Å². The Bertz CT molecular complexity index is 400. The smallest absolute Gasteiger partial charge is 0.123 e. The van der Waals surface area contributed by atoms with E-state index in [1.165, 1.54) is 0 Å². The minimum Gasteiger partial charge on any atom is -0.491 e. The molecule has 0 N–H and O–H groups in total. The Morgan fingerprint density at radius 2 is 1.45 bits per heavy atom. The van der Waals surface area contributed by atoms with Crippen molar-refractivity contribution in [1.82, 2.24) is 0 Å². The zero-order valence-corrected chi connectivity index (χ0v) is 12.1. The van der Waals surface area contributed by atoms with Crippen molar-refractivity contribution in [2.24, 2.45) is 0 Å². The van der Waals surface area contributed by atoms with Crippen LogP contribution < -0.4 is 9.47 Å². The molecule has 0 amide bonds. The molecule has 0 saturated carbocycles. The highest BCUT2D eigenvalue weighted by Gasteiger charge is 2.04. The van der Waals surface area contributed by atoms with Crippen LogP contribution in [0.25, 0.3) is 0 Å². The summed E-state index contributed by atoms with van der Waals surface area (Å²) in [5, 5.41) is 8.67. The Balaban J connectivity index is 2.70. The van der Waals surface area contributed by atoms with Crippen molar-refractivity contribution in [2.45, 2.75) is 12.8 Å². The zero-order chi connectivity index (χ0) is 14.6. The lowest BCUT2D eigenvalue weighted by Crippen LogP contribution is -2.07. The molecular formula is C15H21NO4. The van der Waals surface area contributed by atoms with E-state index in [1.54, 1.807) is 14.2 Å². The van der Waals surface area contributed by atoms with Gasteiger partial charge in [-0.05, 0) is 24.1 Å². The van der Waals surface area contributed by atoms with Crippen molar-refractivity contribution >= 4 is 0 Å². The van der Waals surface area contributed by atoms with E-state index in [0.29, 0.717) is 39.3 Å². The second kappa shape index (κ2) is 10.1. The second-order valence-electron chi connectivity index (χ2n) is 4.15. The molecule has 5 heteroatoms. The molecule has 0 bridgehead atoms. The summed E-state index contributed by atoms with van der Waals surface area (Å²) < 4.78 is 21.1. The molecule has 0 unspecified atom stereocenters. The van der Waals surface area contributed by atoms with Crippen molar-refractivity contribution in [2.75, 3.05) is 40.6 Å². The molecule has 110 valence electrons. The van der Waals surface area contributed by atoms with Crippen LogP contribution in [0.4, 0.5) is 0 Å². The van der Waals surface area contributed by atoms with Gasteiger partial charge in [0, 0.05) is 26.7 Å². The Kier molecular flexibility index (Phi) is 8.20. The summed E-state index contributed by atoms with van der Waals surface area (Å²) in [5.41, 5.74) is 1.02. The van der Waals surface area contributed by atoms with Crippen LogP contribution in [0.5, 0.6) is 11.5 Å². The first-order chi connectivity index (χ1) is 9.80. The molecule has 0 saturated heterocycles. The average Bonchev–Trinajstić information content (AvgIpc) is 2.46. The van der Waals surface area contributed by atoms with Crippen molar-refractivity contribution in [1.29, 1.82) is 5.26 Å². The number of ether oxygens (including phenoxy) is 4. The molecule has 0 aliphatic carbocycles. The molecule has 0 aliphatic rings. The van der Waals surface area contributed by atoms with Crippen LogP contribution in [-0.2, 0) is 15.9 Å². The fourth-order valence-electron chi connectivity index (χ4n) is 1.63. The van der Waals surface area contributed by atoms with Gasteiger partial charge in [-0.25, -0.2) is 0 Å². The van der Waals surface area contributed by atoms with Crippen molar-refractivity contribution in [3.05, 3.63) is 23.8 Å². The number of nitrogens with zero attached hydrogens (tertiary/aromatic N) is 1. The third-order valence-corrected chi connectivity index (χ3v) is 2.58. The Labute approximate surface area is 120 Å². The van der Waals surface area contributed by atoms with E-state index >= 15 is 0 Å².